The molecule has 4 rings (SSSR count). The molecule has 3 aromatic heterocycles. The van der Waals surface area contributed by atoms with Crippen LogP contribution in [0.2, 0.25) is 0 Å². The highest BCUT2D eigenvalue weighted by Crippen LogP contribution is 2.19. The van der Waals surface area contributed by atoms with Crippen LogP contribution in [-0.4, -0.2) is 19.9 Å². The van der Waals surface area contributed by atoms with Crippen LogP contribution < -0.4 is 5.32 Å². The number of pyridine rings is 1. The monoisotopic (exact) mass is 441 g/mol. The number of nitrogens with one attached hydrogen (secondary N) is 2. The Kier molecular flexibility index (Phi) is 4.60. The average molecular weight is 441 g/mol. The highest BCUT2D eigenvalue weighted by Gasteiger charge is 2.06. The highest BCUT2D eigenvalue weighted by molar-refractivity contribution is 14.1. The minimum absolute atomic E-state index is 0.769. The zero-order chi connectivity index (χ0) is 17.1. The van der Waals surface area contributed by atoms with Crippen LogP contribution in [0.1, 0.15) is 16.7 Å². The topological polar surface area (TPSA) is 66.5 Å². The summed E-state index contributed by atoms with van der Waals surface area (Å²) in [5, 5.41) is 4.43. The molecule has 3 heterocycles. The van der Waals surface area contributed by atoms with Crippen molar-refractivity contribution in [3.8, 4) is 0 Å². The third-order valence-corrected chi connectivity index (χ3v) is 5.13. The molecule has 0 aliphatic carbocycles. The molecule has 0 fully saturated rings. The van der Waals surface area contributed by atoms with E-state index in [2.05, 4.69) is 72.1 Å². The van der Waals surface area contributed by atoms with Crippen molar-refractivity contribution in [3.05, 3.63) is 81.6 Å². The number of H-pyrrole nitrogens is 1. The Hall–Kier alpha value is -2.48. The Morgan fingerprint density at radius 2 is 1.92 bits per heavy atom. The molecular weight excluding hydrogens is 425 g/mol. The van der Waals surface area contributed by atoms with Crippen LogP contribution in [0.4, 0.5) is 5.82 Å². The van der Waals surface area contributed by atoms with E-state index in [4.69, 9.17) is 0 Å². The SMILES string of the molecule is Ic1ccccc1CNc1ccc(Cc2c[nH]c3ncncc23)cn1. The van der Waals surface area contributed by atoms with E-state index in [9.17, 15) is 0 Å². The minimum Gasteiger partial charge on any atom is -0.366 e. The summed E-state index contributed by atoms with van der Waals surface area (Å²) < 4.78 is 1.26. The van der Waals surface area contributed by atoms with Crippen LogP contribution in [-0.2, 0) is 13.0 Å². The number of halogens is 1. The standard InChI is InChI=1S/C19H16IN5/c20-17-4-2-1-3-14(17)9-23-18-6-5-13(8-22-18)7-15-10-24-19-16(15)11-21-12-25-19/h1-6,8,10-12H,7,9H2,(H,22,23)(H,21,24,25). The maximum absolute atomic E-state index is 4.53. The zero-order valence-corrected chi connectivity index (χ0v) is 15.6. The lowest BCUT2D eigenvalue weighted by Gasteiger charge is -2.08. The van der Waals surface area contributed by atoms with Gasteiger partial charge in [-0.25, -0.2) is 15.0 Å². The molecule has 0 radical (unpaired) electrons. The van der Waals surface area contributed by atoms with Crippen molar-refractivity contribution in [2.45, 2.75) is 13.0 Å². The summed E-state index contributed by atoms with van der Waals surface area (Å²) in [6.45, 7) is 0.769. The number of fused-ring (bicyclic) bond motifs is 1. The van der Waals surface area contributed by atoms with E-state index in [0.29, 0.717) is 0 Å². The number of aromatic amines is 1. The Labute approximate surface area is 159 Å². The molecule has 0 spiro atoms. The number of rotatable bonds is 5. The molecule has 0 atom stereocenters. The van der Waals surface area contributed by atoms with Gasteiger partial charge in [0.25, 0.3) is 0 Å². The smallest absolute Gasteiger partial charge is 0.140 e. The molecule has 0 bridgehead atoms. The first-order valence-electron chi connectivity index (χ1n) is 7.98. The summed E-state index contributed by atoms with van der Waals surface area (Å²) in [6.07, 6.45) is 8.11. The molecule has 5 nitrogen and oxygen atoms in total. The van der Waals surface area contributed by atoms with Gasteiger partial charge in [0, 0.05) is 40.5 Å². The van der Waals surface area contributed by atoms with Gasteiger partial charge in [0.2, 0.25) is 0 Å². The van der Waals surface area contributed by atoms with Gasteiger partial charge < -0.3 is 10.3 Å². The van der Waals surface area contributed by atoms with Gasteiger partial charge in [0.05, 0.1) is 0 Å². The molecule has 2 N–H and O–H groups in total. The average Bonchev–Trinajstić information content (AvgIpc) is 3.05. The Balaban J connectivity index is 1.44. The van der Waals surface area contributed by atoms with Crippen molar-refractivity contribution in [2.75, 3.05) is 5.32 Å². The van der Waals surface area contributed by atoms with Gasteiger partial charge in [-0.05, 0) is 51.4 Å². The van der Waals surface area contributed by atoms with E-state index < -0.39 is 0 Å². The number of hydrogen-bond acceptors (Lipinski definition) is 4. The molecule has 4 aromatic rings. The summed E-state index contributed by atoms with van der Waals surface area (Å²) in [7, 11) is 0. The largest absolute Gasteiger partial charge is 0.366 e. The van der Waals surface area contributed by atoms with Crippen LogP contribution >= 0.6 is 22.6 Å². The third-order valence-electron chi connectivity index (χ3n) is 4.08. The molecule has 6 heteroatoms. The van der Waals surface area contributed by atoms with Gasteiger partial charge in [-0.2, -0.15) is 0 Å². The maximum atomic E-state index is 4.53. The number of hydrogen-bond donors (Lipinski definition) is 2. The van der Waals surface area contributed by atoms with Gasteiger partial charge in [-0.15, -0.1) is 0 Å². The second-order valence-electron chi connectivity index (χ2n) is 5.77. The van der Waals surface area contributed by atoms with Gasteiger partial charge in [0.1, 0.15) is 17.8 Å². The molecule has 0 aliphatic rings. The van der Waals surface area contributed by atoms with Gasteiger partial charge >= 0.3 is 0 Å². The first-order valence-corrected chi connectivity index (χ1v) is 9.05. The van der Waals surface area contributed by atoms with E-state index in [-0.39, 0.29) is 0 Å². The number of benzene rings is 1. The number of nitrogens with zero attached hydrogens (tertiary/aromatic N) is 3. The summed E-state index contributed by atoms with van der Waals surface area (Å²) >= 11 is 2.35. The summed E-state index contributed by atoms with van der Waals surface area (Å²) in [5.74, 6) is 0.880. The van der Waals surface area contributed by atoms with E-state index >= 15 is 0 Å². The molecule has 124 valence electrons. The van der Waals surface area contributed by atoms with Crippen molar-refractivity contribution in [2.24, 2.45) is 0 Å². The molecule has 0 amide bonds. The van der Waals surface area contributed by atoms with Gasteiger partial charge in [-0.3, -0.25) is 0 Å². The molecule has 0 saturated carbocycles. The van der Waals surface area contributed by atoms with Crippen LogP contribution in [0, 0.1) is 3.57 Å². The summed E-state index contributed by atoms with van der Waals surface area (Å²) in [6, 6.07) is 12.5. The van der Waals surface area contributed by atoms with E-state index in [0.717, 1.165) is 35.4 Å². The van der Waals surface area contributed by atoms with Crippen LogP contribution in [0.5, 0.6) is 0 Å². The van der Waals surface area contributed by atoms with Crippen molar-refractivity contribution in [1.82, 2.24) is 19.9 Å². The third kappa shape index (κ3) is 3.63. The minimum atomic E-state index is 0.769. The van der Waals surface area contributed by atoms with Crippen molar-refractivity contribution < 1.29 is 0 Å². The molecule has 1 aromatic carbocycles. The van der Waals surface area contributed by atoms with E-state index in [1.165, 1.54) is 14.7 Å². The fourth-order valence-electron chi connectivity index (χ4n) is 2.74. The molecule has 25 heavy (non-hydrogen) atoms. The normalized spacial score (nSPS) is 10.9. The maximum Gasteiger partial charge on any atom is 0.140 e. The molecule has 0 unspecified atom stereocenters. The first-order chi connectivity index (χ1) is 12.3. The van der Waals surface area contributed by atoms with Gasteiger partial charge in [-0.1, -0.05) is 24.3 Å². The van der Waals surface area contributed by atoms with Crippen LogP contribution in [0.3, 0.4) is 0 Å². The first kappa shape index (κ1) is 16.0. The lowest BCUT2D eigenvalue weighted by atomic mass is 10.1. The van der Waals surface area contributed by atoms with Crippen LogP contribution in [0.25, 0.3) is 11.0 Å². The predicted octanol–water partition coefficient (Wildman–Crippen LogP) is 4.16. The fraction of sp³-hybridized carbons (Fsp3) is 0.105. The van der Waals surface area contributed by atoms with Crippen molar-refractivity contribution in [1.29, 1.82) is 0 Å². The lowest BCUT2D eigenvalue weighted by molar-refractivity contribution is 1.08. The highest BCUT2D eigenvalue weighted by atomic mass is 127. The second kappa shape index (κ2) is 7.18. The number of anilines is 1. The Morgan fingerprint density at radius 3 is 2.76 bits per heavy atom. The van der Waals surface area contributed by atoms with Crippen LogP contribution in [0.15, 0.2) is 61.3 Å². The zero-order valence-electron chi connectivity index (χ0n) is 13.4. The Morgan fingerprint density at radius 1 is 1.00 bits per heavy atom. The molecule has 0 aliphatic heterocycles. The van der Waals surface area contributed by atoms with Gasteiger partial charge in [0.15, 0.2) is 0 Å². The quantitative estimate of drug-likeness (QED) is 0.457. The van der Waals surface area contributed by atoms with Crippen molar-refractivity contribution >= 4 is 39.4 Å². The van der Waals surface area contributed by atoms with Crippen molar-refractivity contribution in [3.63, 3.8) is 0 Å². The summed E-state index contributed by atoms with van der Waals surface area (Å²) in [4.78, 5) is 16.0. The predicted molar refractivity (Wildman–Crippen MR) is 107 cm³/mol. The lowest BCUT2D eigenvalue weighted by Crippen LogP contribution is -2.03. The Bertz CT molecular complexity index is 994. The fourth-order valence-corrected chi connectivity index (χ4v) is 3.32. The molecular formula is C19H16IN5. The molecule has 0 saturated heterocycles. The summed E-state index contributed by atoms with van der Waals surface area (Å²) in [5.41, 5.74) is 4.48. The van der Waals surface area contributed by atoms with E-state index in [1.807, 2.05) is 30.7 Å². The second-order valence-corrected chi connectivity index (χ2v) is 6.93. The number of aromatic nitrogens is 4. The van der Waals surface area contributed by atoms with E-state index in [1.54, 1.807) is 6.33 Å².